The molecule has 1 aromatic rings. The van der Waals surface area contributed by atoms with Gasteiger partial charge < -0.3 is 5.11 Å². The molecular weight excluding hydrogens is 194 g/mol. The minimum absolute atomic E-state index is 0.222. The highest BCUT2D eigenvalue weighted by atomic mass is 16.4. The van der Waals surface area contributed by atoms with E-state index >= 15 is 0 Å². The first kappa shape index (κ1) is 11.4. The van der Waals surface area contributed by atoms with E-state index < -0.39 is 11.4 Å². The normalized spacial score (nSPS) is 11.1. The number of hydrogen-bond donors (Lipinski definition) is 1. The third-order valence-corrected chi connectivity index (χ3v) is 2.35. The zero-order valence-corrected chi connectivity index (χ0v) is 8.94. The van der Waals surface area contributed by atoms with Gasteiger partial charge >= 0.3 is 5.97 Å². The van der Waals surface area contributed by atoms with E-state index in [0.29, 0.717) is 5.56 Å². The summed E-state index contributed by atoms with van der Waals surface area (Å²) in [4.78, 5) is 26.3. The second-order valence-corrected chi connectivity index (χ2v) is 3.89. The summed E-state index contributed by atoms with van der Waals surface area (Å²) < 4.78 is 0. The SMILES string of the molecule is CC(=O)c1ncccc1C(C)(C)C(=O)O. The second-order valence-electron chi connectivity index (χ2n) is 3.89. The van der Waals surface area contributed by atoms with Crippen LogP contribution in [0.3, 0.4) is 0 Å². The van der Waals surface area contributed by atoms with Crippen LogP contribution in [0.2, 0.25) is 0 Å². The molecule has 0 aromatic carbocycles. The Hall–Kier alpha value is -1.71. The van der Waals surface area contributed by atoms with E-state index in [1.807, 2.05) is 0 Å². The average Bonchev–Trinajstić information content (AvgIpc) is 2.17. The smallest absolute Gasteiger partial charge is 0.313 e. The Morgan fingerprint density at radius 2 is 2.00 bits per heavy atom. The number of ketones is 1. The van der Waals surface area contributed by atoms with Gasteiger partial charge in [-0.2, -0.15) is 0 Å². The first-order valence-electron chi connectivity index (χ1n) is 4.57. The molecule has 1 aromatic heterocycles. The number of aliphatic carboxylic acids is 1. The molecular formula is C11H13NO3. The first-order chi connectivity index (χ1) is 6.87. The van der Waals surface area contributed by atoms with E-state index in [2.05, 4.69) is 4.98 Å². The largest absolute Gasteiger partial charge is 0.481 e. The molecule has 1 N–H and O–H groups in total. The van der Waals surface area contributed by atoms with Gasteiger partial charge in [-0.1, -0.05) is 6.07 Å². The summed E-state index contributed by atoms with van der Waals surface area (Å²) in [6.07, 6.45) is 1.48. The van der Waals surface area contributed by atoms with Gasteiger partial charge in [0.05, 0.1) is 5.41 Å². The molecule has 0 saturated heterocycles. The van der Waals surface area contributed by atoms with Gasteiger partial charge in [0.2, 0.25) is 0 Å². The van der Waals surface area contributed by atoms with E-state index in [0.717, 1.165) is 0 Å². The number of carboxylic acids is 1. The predicted molar refractivity (Wildman–Crippen MR) is 54.9 cm³/mol. The van der Waals surface area contributed by atoms with E-state index in [4.69, 9.17) is 5.11 Å². The van der Waals surface area contributed by atoms with Gasteiger partial charge in [0.1, 0.15) is 5.69 Å². The highest BCUT2D eigenvalue weighted by molar-refractivity contribution is 5.96. The zero-order valence-electron chi connectivity index (χ0n) is 8.94. The Morgan fingerprint density at radius 3 is 2.47 bits per heavy atom. The third kappa shape index (κ3) is 2.03. The van der Waals surface area contributed by atoms with E-state index in [1.54, 1.807) is 26.0 Å². The fourth-order valence-electron chi connectivity index (χ4n) is 1.31. The van der Waals surface area contributed by atoms with Gasteiger partial charge in [0.25, 0.3) is 0 Å². The summed E-state index contributed by atoms with van der Waals surface area (Å²) in [6, 6.07) is 3.25. The molecule has 0 unspecified atom stereocenters. The number of nitrogens with zero attached hydrogens (tertiary/aromatic N) is 1. The summed E-state index contributed by atoms with van der Waals surface area (Å²) in [5.41, 5.74) is -0.426. The van der Waals surface area contributed by atoms with Crippen LogP contribution in [0.5, 0.6) is 0 Å². The lowest BCUT2D eigenvalue weighted by Gasteiger charge is -2.21. The van der Waals surface area contributed by atoms with E-state index in [-0.39, 0.29) is 11.5 Å². The Balaban J connectivity index is 3.37. The lowest BCUT2D eigenvalue weighted by atomic mass is 9.83. The van der Waals surface area contributed by atoms with Gasteiger partial charge in [0.15, 0.2) is 5.78 Å². The Labute approximate surface area is 88.0 Å². The van der Waals surface area contributed by atoms with Crippen LogP contribution >= 0.6 is 0 Å². The summed E-state index contributed by atoms with van der Waals surface area (Å²) in [5.74, 6) is -1.20. The Bertz CT molecular complexity index is 410. The summed E-state index contributed by atoms with van der Waals surface area (Å²) >= 11 is 0. The lowest BCUT2D eigenvalue weighted by Crippen LogP contribution is -2.30. The molecule has 0 aliphatic rings. The summed E-state index contributed by atoms with van der Waals surface area (Å²) in [7, 11) is 0. The van der Waals surface area contributed by atoms with Gasteiger partial charge in [-0.3, -0.25) is 14.6 Å². The van der Waals surface area contributed by atoms with Crippen LogP contribution in [-0.2, 0) is 10.2 Å². The van der Waals surface area contributed by atoms with Crippen LogP contribution in [-0.4, -0.2) is 21.8 Å². The van der Waals surface area contributed by atoms with Gasteiger partial charge in [-0.05, 0) is 25.5 Å². The first-order valence-corrected chi connectivity index (χ1v) is 4.57. The highest BCUT2D eigenvalue weighted by Gasteiger charge is 2.33. The second kappa shape index (κ2) is 3.81. The maximum atomic E-state index is 11.3. The lowest BCUT2D eigenvalue weighted by molar-refractivity contribution is -0.142. The quantitative estimate of drug-likeness (QED) is 0.765. The van der Waals surface area contributed by atoms with Crippen molar-refractivity contribution in [3.05, 3.63) is 29.6 Å². The molecule has 0 aliphatic carbocycles. The van der Waals surface area contributed by atoms with Crippen molar-refractivity contribution in [2.75, 3.05) is 0 Å². The van der Waals surface area contributed by atoms with Crippen LogP contribution in [0, 0.1) is 0 Å². The molecule has 0 radical (unpaired) electrons. The molecule has 0 fully saturated rings. The van der Waals surface area contributed by atoms with E-state index in [9.17, 15) is 9.59 Å². The standard InChI is InChI=1S/C11H13NO3/c1-7(13)9-8(5-4-6-12-9)11(2,3)10(14)15/h4-6H,1-3H3,(H,14,15). The predicted octanol–water partition coefficient (Wildman–Crippen LogP) is 1.65. The number of carbonyl (C=O) groups is 2. The zero-order chi connectivity index (χ0) is 11.6. The molecule has 0 saturated carbocycles. The van der Waals surface area contributed by atoms with Crippen LogP contribution < -0.4 is 0 Å². The Kier molecular flexibility index (Phi) is 2.88. The minimum Gasteiger partial charge on any atom is -0.481 e. The molecule has 0 bridgehead atoms. The molecule has 0 amide bonds. The highest BCUT2D eigenvalue weighted by Crippen LogP contribution is 2.25. The molecule has 80 valence electrons. The monoisotopic (exact) mass is 207 g/mol. The minimum atomic E-state index is -1.10. The number of rotatable bonds is 3. The summed E-state index contributed by atoms with van der Waals surface area (Å²) in [6.45, 7) is 4.49. The molecule has 4 heteroatoms. The fraction of sp³-hybridized carbons (Fsp3) is 0.364. The number of hydrogen-bond acceptors (Lipinski definition) is 3. The molecule has 0 atom stereocenters. The van der Waals surface area contributed by atoms with Gasteiger partial charge in [-0.15, -0.1) is 0 Å². The van der Waals surface area contributed by atoms with Crippen molar-refractivity contribution in [1.29, 1.82) is 0 Å². The van der Waals surface area contributed by atoms with Crippen molar-refractivity contribution < 1.29 is 14.7 Å². The molecule has 1 heterocycles. The topological polar surface area (TPSA) is 67.3 Å². The number of Topliss-reactive ketones (excluding diaryl/α,β-unsaturated/α-hetero) is 1. The summed E-state index contributed by atoms with van der Waals surface area (Å²) in [5, 5.41) is 9.06. The molecule has 0 spiro atoms. The van der Waals surface area contributed by atoms with Crippen molar-refractivity contribution in [1.82, 2.24) is 4.98 Å². The number of pyridine rings is 1. The molecule has 0 aliphatic heterocycles. The van der Waals surface area contributed by atoms with Crippen LogP contribution in [0.4, 0.5) is 0 Å². The van der Waals surface area contributed by atoms with Crippen molar-refractivity contribution in [3.8, 4) is 0 Å². The van der Waals surface area contributed by atoms with Crippen molar-refractivity contribution in [2.45, 2.75) is 26.2 Å². The van der Waals surface area contributed by atoms with Gasteiger partial charge in [0, 0.05) is 13.1 Å². The van der Waals surface area contributed by atoms with Crippen LogP contribution in [0.25, 0.3) is 0 Å². The number of carbonyl (C=O) groups excluding carboxylic acids is 1. The van der Waals surface area contributed by atoms with Crippen molar-refractivity contribution >= 4 is 11.8 Å². The van der Waals surface area contributed by atoms with Gasteiger partial charge in [-0.25, -0.2) is 0 Å². The molecule has 15 heavy (non-hydrogen) atoms. The molecule has 4 nitrogen and oxygen atoms in total. The number of carboxylic acid groups (broad SMARTS) is 1. The number of aromatic nitrogens is 1. The van der Waals surface area contributed by atoms with E-state index in [1.165, 1.54) is 13.1 Å². The Morgan fingerprint density at radius 1 is 1.40 bits per heavy atom. The maximum absolute atomic E-state index is 11.3. The van der Waals surface area contributed by atoms with Crippen LogP contribution in [0.15, 0.2) is 18.3 Å². The third-order valence-electron chi connectivity index (χ3n) is 2.35. The maximum Gasteiger partial charge on any atom is 0.313 e. The van der Waals surface area contributed by atoms with Crippen LogP contribution in [0.1, 0.15) is 36.8 Å². The van der Waals surface area contributed by atoms with Crippen molar-refractivity contribution in [3.63, 3.8) is 0 Å². The van der Waals surface area contributed by atoms with Crippen molar-refractivity contribution in [2.24, 2.45) is 0 Å². The molecule has 1 rings (SSSR count). The average molecular weight is 207 g/mol. The fourth-order valence-corrected chi connectivity index (χ4v) is 1.31.